The standard InChI is InChI=1S/C17H26F2O7S/c18-17(19,27-26-25-22)16(21)24-14-8-6-12(7-9-14)10-15(20)23-11-13-4-2-1-3-5-13/h12-14,22H,1-11H2/p-1. The van der Waals surface area contributed by atoms with Crippen LogP contribution in [0.3, 0.4) is 0 Å². The molecule has 2 rings (SSSR count). The van der Waals surface area contributed by atoms with Gasteiger partial charge in [0.2, 0.25) is 0 Å². The summed E-state index contributed by atoms with van der Waals surface area (Å²) in [5.41, 5.74) is 0. The first-order valence-corrected chi connectivity index (χ1v) is 10.0. The molecule has 2 fully saturated rings. The van der Waals surface area contributed by atoms with Crippen LogP contribution in [0.25, 0.3) is 0 Å². The van der Waals surface area contributed by atoms with Gasteiger partial charge in [-0.25, -0.2) is 4.79 Å². The lowest BCUT2D eigenvalue weighted by molar-refractivity contribution is -0.777. The van der Waals surface area contributed by atoms with Crippen LogP contribution in [-0.2, 0) is 28.4 Å². The summed E-state index contributed by atoms with van der Waals surface area (Å²) >= 11 is -0.702. The molecule has 2 aliphatic rings. The number of halogens is 2. The van der Waals surface area contributed by atoms with E-state index >= 15 is 0 Å². The van der Waals surface area contributed by atoms with Crippen LogP contribution in [-0.4, -0.2) is 29.9 Å². The Morgan fingerprint density at radius 2 is 1.67 bits per heavy atom. The van der Waals surface area contributed by atoms with Crippen molar-refractivity contribution in [3.05, 3.63) is 0 Å². The van der Waals surface area contributed by atoms with E-state index in [1.54, 1.807) is 0 Å². The van der Waals surface area contributed by atoms with Gasteiger partial charge in [-0.2, -0.15) is 13.1 Å². The highest BCUT2D eigenvalue weighted by atomic mass is 32.2. The molecule has 0 radical (unpaired) electrons. The predicted molar refractivity (Wildman–Crippen MR) is 88.7 cm³/mol. The third-order valence-corrected chi connectivity index (χ3v) is 5.63. The molecule has 7 nitrogen and oxygen atoms in total. The van der Waals surface area contributed by atoms with Crippen molar-refractivity contribution in [3.8, 4) is 0 Å². The second kappa shape index (κ2) is 11.1. The maximum absolute atomic E-state index is 13.3. The molecule has 0 amide bonds. The van der Waals surface area contributed by atoms with Gasteiger partial charge in [0, 0.05) is 6.42 Å². The van der Waals surface area contributed by atoms with E-state index in [9.17, 15) is 23.6 Å². The van der Waals surface area contributed by atoms with Crippen molar-refractivity contribution in [2.45, 2.75) is 75.6 Å². The molecule has 0 unspecified atom stereocenters. The molecule has 0 aromatic heterocycles. The minimum absolute atomic E-state index is 0.103. The smallest absolute Gasteiger partial charge is 0.415 e. The maximum atomic E-state index is 13.3. The molecule has 0 bridgehead atoms. The Hall–Kier alpha value is -0.970. The Labute approximate surface area is 161 Å². The highest BCUT2D eigenvalue weighted by molar-refractivity contribution is 7.96. The number of carbonyl (C=O) groups excluding carboxylic acids is 2. The molecule has 156 valence electrons. The minimum Gasteiger partial charge on any atom is -0.691 e. The van der Waals surface area contributed by atoms with Crippen LogP contribution in [0.15, 0.2) is 0 Å². The summed E-state index contributed by atoms with van der Waals surface area (Å²) in [6, 6.07) is 0. The lowest BCUT2D eigenvalue weighted by Gasteiger charge is -2.29. The third kappa shape index (κ3) is 7.89. The largest absolute Gasteiger partial charge is 0.691 e. The summed E-state index contributed by atoms with van der Waals surface area (Å²) in [4.78, 5) is 23.4. The van der Waals surface area contributed by atoms with Gasteiger partial charge in [0.1, 0.15) is 18.1 Å². The van der Waals surface area contributed by atoms with E-state index in [2.05, 4.69) is 9.37 Å². The fraction of sp³-hybridized carbons (Fsp3) is 0.882. The molecule has 10 heteroatoms. The van der Waals surface area contributed by atoms with Crippen molar-refractivity contribution in [2.24, 2.45) is 11.8 Å². The first-order chi connectivity index (χ1) is 12.9. The van der Waals surface area contributed by atoms with E-state index in [0.717, 1.165) is 12.8 Å². The second-order valence-electron chi connectivity index (χ2n) is 7.18. The Morgan fingerprint density at radius 1 is 1.00 bits per heavy atom. The van der Waals surface area contributed by atoms with Crippen molar-refractivity contribution in [1.29, 1.82) is 0 Å². The van der Waals surface area contributed by atoms with Crippen LogP contribution in [0.4, 0.5) is 8.78 Å². The van der Waals surface area contributed by atoms with Crippen molar-refractivity contribution in [2.75, 3.05) is 6.61 Å². The molecule has 2 saturated carbocycles. The van der Waals surface area contributed by atoms with Crippen LogP contribution >= 0.6 is 12.0 Å². The Morgan fingerprint density at radius 3 is 2.30 bits per heavy atom. The lowest BCUT2D eigenvalue weighted by Crippen LogP contribution is -2.34. The third-order valence-electron chi connectivity index (χ3n) is 5.13. The van der Waals surface area contributed by atoms with Crippen molar-refractivity contribution in [1.82, 2.24) is 0 Å². The molecule has 0 saturated heterocycles. The normalized spacial score (nSPS) is 24.4. The molecule has 2 aliphatic carbocycles. The van der Waals surface area contributed by atoms with E-state index < -0.39 is 29.4 Å². The maximum Gasteiger partial charge on any atom is 0.415 e. The van der Waals surface area contributed by atoms with Crippen LogP contribution < -0.4 is 5.26 Å². The monoisotopic (exact) mass is 411 g/mol. The zero-order valence-corrected chi connectivity index (χ0v) is 15.8. The first-order valence-electron chi connectivity index (χ1n) is 9.29. The molecular formula is C17H25F2O7S-. The molecule has 0 heterocycles. The number of hydrogen-bond acceptors (Lipinski definition) is 8. The van der Waals surface area contributed by atoms with Crippen LogP contribution in [0, 0.1) is 11.8 Å². The molecule has 0 spiro atoms. The SMILES string of the molecule is O=C(CC1CCC(OC(=O)C(F)(F)SOO[O-])CC1)OCC1CCCCC1. The van der Waals surface area contributed by atoms with Crippen molar-refractivity contribution in [3.63, 3.8) is 0 Å². The van der Waals surface area contributed by atoms with Gasteiger partial charge >= 0.3 is 17.2 Å². The summed E-state index contributed by atoms with van der Waals surface area (Å²) in [6.07, 6.45) is 7.49. The van der Waals surface area contributed by atoms with E-state index in [4.69, 9.17) is 9.47 Å². The Balaban J connectivity index is 1.63. The van der Waals surface area contributed by atoms with Gasteiger partial charge in [-0.15, -0.1) is 0 Å². The molecule has 0 N–H and O–H groups in total. The highest BCUT2D eigenvalue weighted by Gasteiger charge is 2.45. The van der Waals surface area contributed by atoms with Crippen LogP contribution in [0.2, 0.25) is 0 Å². The number of ether oxygens (including phenoxy) is 2. The zero-order chi connectivity index (χ0) is 19.7. The second-order valence-corrected chi connectivity index (χ2v) is 7.99. The number of esters is 2. The zero-order valence-electron chi connectivity index (χ0n) is 15.0. The highest BCUT2D eigenvalue weighted by Crippen LogP contribution is 2.34. The van der Waals surface area contributed by atoms with Gasteiger partial charge in [0.25, 0.3) is 0 Å². The molecule has 0 aliphatic heterocycles. The van der Waals surface area contributed by atoms with Crippen molar-refractivity contribution < 1.29 is 42.5 Å². The summed E-state index contributed by atoms with van der Waals surface area (Å²) < 4.78 is 40.3. The van der Waals surface area contributed by atoms with Crippen molar-refractivity contribution >= 4 is 24.0 Å². The van der Waals surface area contributed by atoms with Crippen LogP contribution in [0.1, 0.15) is 64.2 Å². The fourth-order valence-corrected chi connectivity index (χ4v) is 3.85. The van der Waals surface area contributed by atoms with Gasteiger partial charge in [-0.1, -0.05) is 19.3 Å². The number of carbonyl (C=O) groups is 2. The molecule has 0 aromatic rings. The average Bonchev–Trinajstić information content (AvgIpc) is 2.67. The topological polar surface area (TPSA) is 94.1 Å². The van der Waals surface area contributed by atoms with Gasteiger partial charge < -0.3 is 14.7 Å². The summed E-state index contributed by atoms with van der Waals surface area (Å²) in [5, 5.41) is 8.37. The van der Waals surface area contributed by atoms with E-state index in [1.807, 2.05) is 0 Å². The average molecular weight is 411 g/mol. The van der Waals surface area contributed by atoms with Gasteiger partial charge in [-0.05, 0) is 50.4 Å². The van der Waals surface area contributed by atoms with E-state index in [1.165, 1.54) is 19.3 Å². The fourth-order valence-electron chi connectivity index (χ4n) is 3.62. The number of alkyl halides is 2. The predicted octanol–water partition coefficient (Wildman–Crippen LogP) is 3.07. The van der Waals surface area contributed by atoms with Gasteiger partial charge in [0.05, 0.1) is 6.61 Å². The Bertz CT molecular complexity index is 478. The lowest BCUT2D eigenvalue weighted by atomic mass is 9.85. The summed E-state index contributed by atoms with van der Waals surface area (Å²) in [6.45, 7) is 0.480. The Kier molecular flexibility index (Phi) is 9.20. The number of rotatable bonds is 9. The minimum atomic E-state index is -4.02. The first kappa shape index (κ1) is 22.3. The summed E-state index contributed by atoms with van der Waals surface area (Å²) in [5.74, 6) is -1.43. The molecule has 0 atom stereocenters. The quantitative estimate of drug-likeness (QED) is 0.247. The molecule has 27 heavy (non-hydrogen) atoms. The van der Waals surface area contributed by atoms with Gasteiger partial charge in [-0.3, -0.25) is 9.83 Å². The van der Waals surface area contributed by atoms with Gasteiger partial charge in [0.15, 0.2) is 0 Å². The molecular weight excluding hydrogens is 386 g/mol. The van der Waals surface area contributed by atoms with Crippen LogP contribution in [0.5, 0.6) is 0 Å². The van der Waals surface area contributed by atoms with E-state index in [-0.39, 0.29) is 11.9 Å². The summed E-state index contributed by atoms with van der Waals surface area (Å²) in [7, 11) is 0. The molecule has 0 aromatic carbocycles. The number of hydrogen-bond donors (Lipinski definition) is 0. The van der Waals surface area contributed by atoms with E-state index in [0.29, 0.717) is 44.6 Å².